The van der Waals surface area contributed by atoms with Gasteiger partial charge in [-0.2, -0.15) is 0 Å². The molecule has 0 aliphatic heterocycles. The van der Waals surface area contributed by atoms with Crippen LogP contribution in [0.5, 0.6) is 11.6 Å². The molecular formula is C13H12N2O5. The lowest BCUT2D eigenvalue weighted by atomic mass is 10.2. The van der Waals surface area contributed by atoms with Gasteiger partial charge in [0.15, 0.2) is 5.78 Å². The first kappa shape index (κ1) is 13.6. The molecule has 0 fully saturated rings. The second-order valence-corrected chi connectivity index (χ2v) is 4.02. The number of carbonyl (C=O) groups excluding carboxylic acids is 1. The third kappa shape index (κ3) is 2.09. The molecule has 2 N–H and O–H groups in total. The largest absolute Gasteiger partial charge is 0.495 e. The number of methoxy groups -OCH3 is 1. The first-order valence-corrected chi connectivity index (χ1v) is 5.70. The fraction of sp³-hybridized carbons (Fsp3) is 0.154. The summed E-state index contributed by atoms with van der Waals surface area (Å²) in [5, 5.41) is 10.1. The Morgan fingerprint density at radius 1 is 1.30 bits per heavy atom. The number of para-hydroxylation sites is 2. The molecule has 0 bridgehead atoms. The summed E-state index contributed by atoms with van der Waals surface area (Å²) >= 11 is 0. The maximum atomic E-state index is 11.9. The number of rotatable bonds is 3. The molecule has 0 aliphatic carbocycles. The molecule has 0 amide bonds. The zero-order valence-corrected chi connectivity index (χ0v) is 10.8. The highest BCUT2D eigenvalue weighted by atomic mass is 16.5. The first-order valence-electron chi connectivity index (χ1n) is 5.70. The fourth-order valence-corrected chi connectivity index (χ4v) is 1.88. The minimum atomic E-state index is -0.925. The van der Waals surface area contributed by atoms with Gasteiger partial charge in [0.25, 0.3) is 5.56 Å². The molecule has 7 nitrogen and oxygen atoms in total. The highest BCUT2D eigenvalue weighted by Crippen LogP contribution is 2.25. The van der Waals surface area contributed by atoms with Crippen molar-refractivity contribution in [2.75, 3.05) is 7.11 Å². The Balaban J connectivity index is 2.88. The highest BCUT2D eigenvalue weighted by Gasteiger charge is 2.20. The van der Waals surface area contributed by atoms with Gasteiger partial charge in [0.2, 0.25) is 5.88 Å². The zero-order chi connectivity index (χ0) is 14.9. The second-order valence-electron chi connectivity index (χ2n) is 4.02. The van der Waals surface area contributed by atoms with E-state index in [1.807, 2.05) is 4.98 Å². The second kappa shape index (κ2) is 5.04. The summed E-state index contributed by atoms with van der Waals surface area (Å²) in [6.45, 7) is 1.13. The summed E-state index contributed by atoms with van der Waals surface area (Å²) in [7, 11) is 1.40. The van der Waals surface area contributed by atoms with Gasteiger partial charge in [0, 0.05) is 0 Å². The van der Waals surface area contributed by atoms with E-state index in [2.05, 4.69) is 0 Å². The van der Waals surface area contributed by atoms with Crippen molar-refractivity contribution >= 4 is 5.78 Å². The summed E-state index contributed by atoms with van der Waals surface area (Å²) in [5.41, 5.74) is -2.04. The predicted molar refractivity (Wildman–Crippen MR) is 70.9 cm³/mol. The normalized spacial score (nSPS) is 10.3. The zero-order valence-electron chi connectivity index (χ0n) is 10.8. The molecular weight excluding hydrogens is 264 g/mol. The van der Waals surface area contributed by atoms with Crippen molar-refractivity contribution in [1.29, 1.82) is 0 Å². The van der Waals surface area contributed by atoms with Gasteiger partial charge in [0.05, 0.1) is 12.8 Å². The third-order valence-electron chi connectivity index (χ3n) is 2.76. The van der Waals surface area contributed by atoms with Crippen LogP contribution < -0.4 is 16.0 Å². The van der Waals surface area contributed by atoms with E-state index >= 15 is 0 Å². The molecule has 0 aliphatic rings. The van der Waals surface area contributed by atoms with Crippen molar-refractivity contribution in [2.24, 2.45) is 0 Å². The molecule has 1 heterocycles. The lowest BCUT2D eigenvalue weighted by molar-refractivity contribution is 0.101. The molecule has 0 saturated carbocycles. The molecule has 20 heavy (non-hydrogen) atoms. The quantitative estimate of drug-likeness (QED) is 0.792. The van der Waals surface area contributed by atoms with Gasteiger partial charge < -0.3 is 9.84 Å². The number of Topliss-reactive ketones (excluding diaryl/α,β-unsaturated/α-hetero) is 1. The van der Waals surface area contributed by atoms with Crippen molar-refractivity contribution in [1.82, 2.24) is 9.55 Å². The van der Waals surface area contributed by atoms with E-state index in [4.69, 9.17) is 4.74 Å². The smallest absolute Gasteiger partial charge is 0.335 e. The Morgan fingerprint density at radius 2 is 1.95 bits per heavy atom. The summed E-state index contributed by atoms with van der Waals surface area (Å²) in [5.74, 6) is -1.05. The standard InChI is InChI=1S/C13H12N2O5/c1-7(16)10-11(17)14-13(19)15(12(10)18)8-5-3-4-6-9(8)20-2/h3-6,18H,1-2H3,(H,14,17,19). The average Bonchev–Trinajstić information content (AvgIpc) is 2.38. The number of ketones is 1. The molecule has 0 saturated heterocycles. The van der Waals surface area contributed by atoms with Crippen LogP contribution in [0.25, 0.3) is 5.69 Å². The summed E-state index contributed by atoms with van der Waals surface area (Å²) in [6.07, 6.45) is 0. The van der Waals surface area contributed by atoms with Crippen molar-refractivity contribution in [2.45, 2.75) is 6.92 Å². The van der Waals surface area contributed by atoms with Gasteiger partial charge in [0.1, 0.15) is 11.3 Å². The van der Waals surface area contributed by atoms with Crippen LogP contribution in [-0.2, 0) is 0 Å². The Kier molecular flexibility index (Phi) is 3.43. The van der Waals surface area contributed by atoms with Crippen LogP contribution in [0, 0.1) is 0 Å². The van der Waals surface area contributed by atoms with E-state index < -0.39 is 28.5 Å². The van der Waals surface area contributed by atoms with E-state index in [9.17, 15) is 19.5 Å². The van der Waals surface area contributed by atoms with Crippen LogP contribution >= 0.6 is 0 Å². The molecule has 0 spiro atoms. The van der Waals surface area contributed by atoms with Crippen molar-refractivity contribution < 1.29 is 14.6 Å². The average molecular weight is 276 g/mol. The molecule has 0 unspecified atom stereocenters. The molecule has 2 aromatic rings. The van der Waals surface area contributed by atoms with E-state index in [1.165, 1.54) is 13.2 Å². The first-order chi connectivity index (χ1) is 9.47. The molecule has 1 aromatic carbocycles. The van der Waals surface area contributed by atoms with Gasteiger partial charge in [-0.05, 0) is 19.1 Å². The van der Waals surface area contributed by atoms with Crippen LogP contribution in [0.2, 0.25) is 0 Å². The topological polar surface area (TPSA) is 101 Å². The Hall–Kier alpha value is -2.83. The lowest BCUT2D eigenvalue weighted by Gasteiger charge is -2.13. The van der Waals surface area contributed by atoms with Crippen molar-refractivity contribution in [3.8, 4) is 17.3 Å². The minimum absolute atomic E-state index is 0.219. The number of carbonyl (C=O) groups is 1. The number of ether oxygens (including phenoxy) is 1. The maximum Gasteiger partial charge on any atom is 0.335 e. The van der Waals surface area contributed by atoms with Crippen molar-refractivity contribution in [3.63, 3.8) is 0 Å². The Labute approximate surface area is 113 Å². The summed E-state index contributed by atoms with van der Waals surface area (Å²) in [6, 6.07) is 6.41. The Morgan fingerprint density at radius 3 is 2.55 bits per heavy atom. The van der Waals surface area contributed by atoms with E-state index in [1.54, 1.807) is 18.2 Å². The number of aromatic amines is 1. The summed E-state index contributed by atoms with van der Waals surface area (Å²) < 4.78 is 5.91. The fourth-order valence-electron chi connectivity index (χ4n) is 1.88. The van der Waals surface area contributed by atoms with E-state index in [0.29, 0.717) is 5.75 Å². The summed E-state index contributed by atoms with van der Waals surface area (Å²) in [4.78, 5) is 36.8. The molecule has 1 aromatic heterocycles. The molecule has 0 radical (unpaired) electrons. The van der Waals surface area contributed by atoms with Crippen LogP contribution in [0.15, 0.2) is 33.9 Å². The third-order valence-corrected chi connectivity index (χ3v) is 2.76. The van der Waals surface area contributed by atoms with Crippen LogP contribution in [0.3, 0.4) is 0 Å². The SMILES string of the molecule is COc1ccccc1-n1c(O)c(C(C)=O)c(=O)[nH]c1=O. The molecule has 2 rings (SSSR count). The number of nitrogens with zero attached hydrogens (tertiary/aromatic N) is 1. The number of aromatic nitrogens is 2. The van der Waals surface area contributed by atoms with E-state index in [-0.39, 0.29) is 5.69 Å². The number of nitrogens with one attached hydrogen (secondary N) is 1. The molecule has 104 valence electrons. The number of hydrogen-bond acceptors (Lipinski definition) is 5. The van der Waals surface area contributed by atoms with Crippen molar-refractivity contribution in [3.05, 3.63) is 50.7 Å². The lowest BCUT2D eigenvalue weighted by Crippen LogP contribution is -2.32. The van der Waals surface area contributed by atoms with Gasteiger partial charge in [-0.1, -0.05) is 12.1 Å². The maximum absolute atomic E-state index is 11.9. The van der Waals surface area contributed by atoms with Crippen LogP contribution in [0.4, 0.5) is 0 Å². The molecule has 7 heteroatoms. The van der Waals surface area contributed by atoms with Crippen LogP contribution in [-0.4, -0.2) is 27.6 Å². The number of H-pyrrole nitrogens is 1. The number of benzene rings is 1. The minimum Gasteiger partial charge on any atom is -0.495 e. The van der Waals surface area contributed by atoms with E-state index in [0.717, 1.165) is 11.5 Å². The van der Waals surface area contributed by atoms with Gasteiger partial charge in [-0.3, -0.25) is 14.6 Å². The van der Waals surface area contributed by atoms with Gasteiger partial charge >= 0.3 is 5.69 Å². The molecule has 0 atom stereocenters. The monoisotopic (exact) mass is 276 g/mol. The Bertz CT molecular complexity index is 788. The van der Waals surface area contributed by atoms with Gasteiger partial charge in [-0.15, -0.1) is 0 Å². The number of aromatic hydroxyl groups is 1. The highest BCUT2D eigenvalue weighted by molar-refractivity contribution is 5.95. The predicted octanol–water partition coefficient (Wildman–Crippen LogP) is 0.443. The van der Waals surface area contributed by atoms with Crippen LogP contribution in [0.1, 0.15) is 17.3 Å². The van der Waals surface area contributed by atoms with Gasteiger partial charge in [-0.25, -0.2) is 9.36 Å². The number of hydrogen-bond donors (Lipinski definition) is 2.